The number of rotatable bonds is 4. The number of aromatic nitrogens is 1. The van der Waals surface area contributed by atoms with Gasteiger partial charge in [-0.3, -0.25) is 9.59 Å². The van der Waals surface area contributed by atoms with Gasteiger partial charge in [0.05, 0.1) is 16.6 Å². The number of nitrogens with zero attached hydrogens (tertiary/aromatic N) is 2. The molecule has 0 unspecified atom stereocenters. The van der Waals surface area contributed by atoms with Crippen molar-refractivity contribution in [3.05, 3.63) is 103 Å². The van der Waals surface area contributed by atoms with Crippen LogP contribution >= 0.6 is 23.2 Å². The van der Waals surface area contributed by atoms with Crippen LogP contribution in [0, 0.1) is 0 Å². The average Bonchev–Trinajstić information content (AvgIpc) is 3.30. The van der Waals surface area contributed by atoms with Gasteiger partial charge in [-0.1, -0.05) is 47.5 Å². The van der Waals surface area contributed by atoms with Crippen molar-refractivity contribution < 1.29 is 31.1 Å². The zero-order chi connectivity index (χ0) is 29.1. The van der Waals surface area contributed by atoms with E-state index in [-0.39, 0.29) is 22.2 Å². The van der Waals surface area contributed by atoms with E-state index in [1.165, 1.54) is 23.7 Å². The van der Waals surface area contributed by atoms with E-state index in [1.54, 1.807) is 18.2 Å². The zero-order valence-electron chi connectivity index (χ0n) is 20.6. The van der Waals surface area contributed by atoms with Crippen LogP contribution in [0.5, 0.6) is 0 Å². The second-order valence-corrected chi connectivity index (χ2v) is 10.3. The van der Waals surface area contributed by atoms with Crippen molar-refractivity contribution >= 4 is 40.0 Å². The summed E-state index contributed by atoms with van der Waals surface area (Å²) in [7, 11) is 1.20. The molecule has 3 aromatic carbocycles. The molecule has 0 atom stereocenters. The third kappa shape index (κ3) is 4.94. The van der Waals surface area contributed by atoms with Gasteiger partial charge in [0.25, 0.3) is 11.5 Å². The van der Waals surface area contributed by atoms with Crippen molar-refractivity contribution in [1.82, 2.24) is 9.47 Å². The maximum absolute atomic E-state index is 13.8. The summed E-state index contributed by atoms with van der Waals surface area (Å²) in [6.45, 7) is -0.326. The SMILES string of the molecule is CN(Cc1cc(C(F)(F)F)cc(C(F)(F)F)c1)C(=O)c1c(-c2ccc(Cl)cc2Cl)c2cccc3c2n(c1=O)CC3. The Morgan fingerprint density at radius 3 is 2.20 bits per heavy atom. The third-order valence-corrected chi connectivity index (χ3v) is 7.35. The molecule has 1 aliphatic rings. The molecule has 0 saturated heterocycles. The minimum atomic E-state index is -5.05. The smallest absolute Gasteiger partial charge is 0.337 e. The molecule has 0 aliphatic carbocycles. The normalized spacial score (nSPS) is 13.2. The number of alkyl halides is 6. The summed E-state index contributed by atoms with van der Waals surface area (Å²) >= 11 is 12.5. The summed E-state index contributed by atoms with van der Waals surface area (Å²) < 4.78 is 81.7. The zero-order valence-corrected chi connectivity index (χ0v) is 22.1. The monoisotopic (exact) mass is 598 g/mol. The van der Waals surface area contributed by atoms with Gasteiger partial charge < -0.3 is 9.47 Å². The van der Waals surface area contributed by atoms with E-state index in [4.69, 9.17) is 23.2 Å². The maximum Gasteiger partial charge on any atom is 0.416 e. The lowest BCUT2D eigenvalue weighted by Crippen LogP contribution is -2.35. The molecule has 4 aromatic rings. The highest BCUT2D eigenvalue weighted by molar-refractivity contribution is 6.37. The third-order valence-electron chi connectivity index (χ3n) is 6.80. The molecule has 4 nitrogen and oxygen atoms in total. The number of carbonyl (C=O) groups excluding carboxylic acids is 1. The number of hydrogen-bond acceptors (Lipinski definition) is 2. The molecule has 2 heterocycles. The molecule has 0 fully saturated rings. The Labute approximate surface area is 233 Å². The molecule has 1 aromatic heterocycles. The molecule has 12 heteroatoms. The minimum absolute atomic E-state index is 0.0149. The van der Waals surface area contributed by atoms with E-state index in [1.807, 2.05) is 6.07 Å². The summed E-state index contributed by atoms with van der Waals surface area (Å²) in [5.74, 6) is -0.889. The van der Waals surface area contributed by atoms with Gasteiger partial charge >= 0.3 is 12.4 Å². The number of carbonyl (C=O) groups is 1. The second-order valence-electron chi connectivity index (χ2n) is 9.47. The highest BCUT2D eigenvalue weighted by atomic mass is 35.5. The first-order chi connectivity index (χ1) is 18.7. The molecular weight excluding hydrogens is 581 g/mol. The molecule has 0 N–H and O–H groups in total. The van der Waals surface area contributed by atoms with Gasteiger partial charge in [0.1, 0.15) is 5.56 Å². The Bertz CT molecular complexity index is 1710. The van der Waals surface area contributed by atoms with Crippen molar-refractivity contribution in [1.29, 1.82) is 0 Å². The van der Waals surface area contributed by atoms with Crippen LogP contribution in [-0.2, 0) is 31.9 Å². The van der Waals surface area contributed by atoms with Gasteiger partial charge in [0.15, 0.2) is 0 Å². The minimum Gasteiger partial charge on any atom is -0.337 e. The molecule has 40 heavy (non-hydrogen) atoms. The summed E-state index contributed by atoms with van der Waals surface area (Å²) in [5, 5.41) is 1.01. The molecular formula is C28H18Cl2F6N2O2. The first-order valence-corrected chi connectivity index (χ1v) is 12.6. The molecule has 5 rings (SSSR count). The standard InChI is InChI=1S/C28H18Cl2F6N2O2/c1-37(13-14-9-16(27(31,32)33)11-17(10-14)28(34,35)36)25(39)23-22(19-6-5-18(29)12-21(19)30)20-4-2-3-15-7-8-38(24(15)20)26(23)40/h2-6,9-12H,7-8,13H2,1H3. The predicted molar refractivity (Wildman–Crippen MR) is 140 cm³/mol. The Morgan fingerprint density at radius 2 is 1.60 bits per heavy atom. The van der Waals surface area contributed by atoms with E-state index in [9.17, 15) is 35.9 Å². The van der Waals surface area contributed by atoms with Crippen LogP contribution in [0.15, 0.2) is 59.4 Å². The average molecular weight is 599 g/mol. The van der Waals surface area contributed by atoms with Crippen molar-refractivity contribution in [3.8, 4) is 11.1 Å². The Morgan fingerprint density at radius 1 is 0.950 bits per heavy atom. The maximum atomic E-state index is 13.8. The van der Waals surface area contributed by atoms with Crippen LogP contribution in [0.2, 0.25) is 10.0 Å². The van der Waals surface area contributed by atoms with Crippen LogP contribution in [0.1, 0.15) is 32.6 Å². The Balaban J connectivity index is 1.67. The van der Waals surface area contributed by atoms with Crippen LogP contribution < -0.4 is 5.56 Å². The molecule has 0 saturated carbocycles. The quantitative estimate of drug-likeness (QED) is 0.225. The van der Waals surface area contributed by atoms with Crippen LogP contribution in [0.3, 0.4) is 0 Å². The van der Waals surface area contributed by atoms with E-state index in [0.29, 0.717) is 46.6 Å². The van der Waals surface area contributed by atoms with Crippen molar-refractivity contribution in [2.45, 2.75) is 31.9 Å². The summed E-state index contributed by atoms with van der Waals surface area (Å²) in [6, 6.07) is 11.0. The molecule has 0 radical (unpaired) electrons. The van der Waals surface area contributed by atoms with E-state index in [0.717, 1.165) is 10.5 Å². The van der Waals surface area contributed by atoms with Crippen LogP contribution in [0.25, 0.3) is 22.0 Å². The second kappa shape index (κ2) is 9.85. The number of para-hydroxylation sites is 1. The number of amides is 1. The molecule has 0 bridgehead atoms. The van der Waals surface area contributed by atoms with Gasteiger partial charge in [-0.15, -0.1) is 0 Å². The summed E-state index contributed by atoms with van der Waals surface area (Å²) in [5.41, 5.74) is -2.31. The summed E-state index contributed by atoms with van der Waals surface area (Å²) in [4.78, 5) is 28.5. The highest BCUT2D eigenvalue weighted by Gasteiger charge is 2.37. The number of halogens is 8. The first kappa shape index (κ1) is 28.0. The van der Waals surface area contributed by atoms with Gasteiger partial charge in [-0.2, -0.15) is 26.3 Å². The molecule has 0 spiro atoms. The lowest BCUT2D eigenvalue weighted by Gasteiger charge is -2.22. The summed E-state index contributed by atoms with van der Waals surface area (Å²) in [6.07, 6.45) is -9.55. The fourth-order valence-corrected chi connectivity index (χ4v) is 5.56. The predicted octanol–water partition coefficient (Wildman–Crippen LogP) is 7.84. The van der Waals surface area contributed by atoms with E-state index < -0.39 is 47.1 Å². The highest BCUT2D eigenvalue weighted by Crippen LogP contribution is 2.40. The molecule has 1 amide bonds. The Hall–Kier alpha value is -3.50. The molecule has 1 aliphatic heterocycles. The number of hydrogen-bond donors (Lipinski definition) is 0. The Kier molecular flexibility index (Phi) is 6.90. The lowest BCUT2D eigenvalue weighted by molar-refractivity contribution is -0.143. The molecule has 208 valence electrons. The van der Waals surface area contributed by atoms with Gasteiger partial charge in [-0.25, -0.2) is 0 Å². The first-order valence-electron chi connectivity index (χ1n) is 11.8. The van der Waals surface area contributed by atoms with Crippen molar-refractivity contribution in [2.24, 2.45) is 0 Å². The number of pyridine rings is 1. The van der Waals surface area contributed by atoms with Crippen molar-refractivity contribution in [2.75, 3.05) is 7.05 Å². The van der Waals surface area contributed by atoms with Gasteiger partial charge in [0.2, 0.25) is 0 Å². The van der Waals surface area contributed by atoms with Crippen LogP contribution in [-0.4, -0.2) is 22.4 Å². The van der Waals surface area contributed by atoms with E-state index >= 15 is 0 Å². The van der Waals surface area contributed by atoms with Crippen LogP contribution in [0.4, 0.5) is 26.3 Å². The fraction of sp³-hybridized carbons (Fsp3) is 0.214. The van der Waals surface area contributed by atoms with Crippen molar-refractivity contribution in [3.63, 3.8) is 0 Å². The topological polar surface area (TPSA) is 42.3 Å². The number of benzene rings is 3. The largest absolute Gasteiger partial charge is 0.416 e. The number of aryl methyl sites for hydroxylation is 2. The lowest BCUT2D eigenvalue weighted by atomic mass is 9.94. The fourth-order valence-electron chi connectivity index (χ4n) is 5.05. The van der Waals surface area contributed by atoms with Gasteiger partial charge in [0, 0.05) is 46.7 Å². The van der Waals surface area contributed by atoms with Gasteiger partial charge in [-0.05, 0) is 47.9 Å². The van der Waals surface area contributed by atoms with E-state index in [2.05, 4.69) is 0 Å².